The van der Waals surface area contributed by atoms with Gasteiger partial charge in [-0.2, -0.15) is 9.78 Å². The van der Waals surface area contributed by atoms with E-state index in [-0.39, 0.29) is 35.1 Å². The lowest BCUT2D eigenvalue weighted by Crippen LogP contribution is -2.26. The van der Waals surface area contributed by atoms with Crippen molar-refractivity contribution in [1.82, 2.24) is 9.78 Å². The van der Waals surface area contributed by atoms with Crippen LogP contribution in [-0.4, -0.2) is 46.3 Å². The van der Waals surface area contributed by atoms with E-state index in [0.717, 1.165) is 10.7 Å². The molecule has 0 spiro atoms. The minimum absolute atomic E-state index is 0.0278. The average Bonchev–Trinajstić information content (AvgIpc) is 3.09. The van der Waals surface area contributed by atoms with Crippen LogP contribution in [0.3, 0.4) is 0 Å². The van der Waals surface area contributed by atoms with E-state index < -0.39 is 34.7 Å². The fraction of sp³-hybridized carbons (Fsp3) is 0.227. The topological polar surface area (TPSA) is 150 Å². The van der Waals surface area contributed by atoms with Crippen LogP contribution in [0.2, 0.25) is 0 Å². The highest BCUT2D eigenvalue weighted by atomic mass is 16.5. The first-order valence-electron chi connectivity index (χ1n) is 9.79. The Balaban J connectivity index is 2.08. The second kappa shape index (κ2) is 9.39. The number of nitrogens with one attached hydrogen (secondary N) is 1. The molecule has 2 N–H and O–H groups in total. The molecule has 0 fully saturated rings. The molecule has 0 aliphatic carbocycles. The van der Waals surface area contributed by atoms with Crippen LogP contribution >= 0.6 is 0 Å². The monoisotopic (exact) mass is 455 g/mol. The van der Waals surface area contributed by atoms with Crippen LogP contribution in [0.4, 0.5) is 5.88 Å². The van der Waals surface area contributed by atoms with E-state index in [0.29, 0.717) is 5.75 Å². The zero-order valence-corrected chi connectivity index (χ0v) is 18.3. The molecular weight excluding hydrogens is 434 g/mol. The third-order valence-electron chi connectivity index (χ3n) is 4.58. The number of benzene rings is 1. The van der Waals surface area contributed by atoms with Crippen LogP contribution in [0, 0.1) is 6.92 Å². The minimum Gasteiger partial charge on any atom is -0.505 e. The predicted molar refractivity (Wildman–Crippen MR) is 115 cm³/mol. The lowest BCUT2D eigenvalue weighted by atomic mass is 10.1. The van der Waals surface area contributed by atoms with Gasteiger partial charge >= 0.3 is 5.97 Å². The summed E-state index contributed by atoms with van der Waals surface area (Å²) in [5.74, 6) is -2.98. The van der Waals surface area contributed by atoms with Crippen molar-refractivity contribution in [2.75, 3.05) is 19.0 Å². The van der Waals surface area contributed by atoms with Crippen molar-refractivity contribution in [3.05, 3.63) is 63.3 Å². The highest BCUT2D eigenvalue weighted by Crippen LogP contribution is 2.29. The number of aromatic nitrogens is 2. The van der Waals surface area contributed by atoms with Gasteiger partial charge in [0.2, 0.25) is 5.88 Å². The van der Waals surface area contributed by atoms with Crippen molar-refractivity contribution in [1.29, 1.82) is 0 Å². The number of amides is 1. The average molecular weight is 455 g/mol. The first-order chi connectivity index (χ1) is 15.7. The number of aryl methyl sites for hydroxylation is 1. The minimum atomic E-state index is -0.995. The van der Waals surface area contributed by atoms with Crippen molar-refractivity contribution in [3.63, 3.8) is 0 Å². The van der Waals surface area contributed by atoms with Crippen LogP contribution in [-0.2, 0) is 4.74 Å². The molecule has 2 heterocycles. The second-order valence-electron chi connectivity index (χ2n) is 6.77. The molecule has 1 amide bonds. The molecule has 172 valence electrons. The van der Waals surface area contributed by atoms with Crippen LogP contribution in [0.1, 0.15) is 50.8 Å². The number of Topliss-reactive ketones (excluding diaryl/α,β-unsaturated/α-hetero) is 1. The standard InChI is InChI=1S/C22H21N3O8/c1-5-32-22(30)18-17(11(2)26)12(3)33-21(18)23-20(29)19-14(27)10-16(28)25(24-19)13-8-6-7-9-15(13)31-4/h6-10,27H,5H2,1-4H3,(H,23,29). The number of esters is 1. The third-order valence-corrected chi connectivity index (χ3v) is 4.58. The molecule has 33 heavy (non-hydrogen) atoms. The normalized spacial score (nSPS) is 10.5. The van der Waals surface area contributed by atoms with E-state index in [9.17, 15) is 24.3 Å². The van der Waals surface area contributed by atoms with Crippen LogP contribution in [0.5, 0.6) is 11.5 Å². The van der Waals surface area contributed by atoms with E-state index in [1.807, 2.05) is 0 Å². The van der Waals surface area contributed by atoms with Gasteiger partial charge in [-0.15, -0.1) is 0 Å². The summed E-state index contributed by atoms with van der Waals surface area (Å²) >= 11 is 0. The lowest BCUT2D eigenvalue weighted by Gasteiger charge is -2.12. The van der Waals surface area contributed by atoms with Gasteiger partial charge in [0, 0.05) is 6.07 Å². The molecule has 0 atom stereocenters. The van der Waals surface area contributed by atoms with Gasteiger partial charge in [0.1, 0.15) is 22.8 Å². The number of carbonyl (C=O) groups is 3. The number of para-hydroxylation sites is 2. The van der Waals surface area contributed by atoms with Crippen LogP contribution in [0.25, 0.3) is 5.69 Å². The predicted octanol–water partition coefficient (Wildman–Crippen LogP) is 2.48. The maximum absolute atomic E-state index is 12.9. The first kappa shape index (κ1) is 23.3. The SMILES string of the molecule is CCOC(=O)c1c(NC(=O)c2nn(-c3ccccc3OC)c(=O)cc2O)oc(C)c1C(C)=O. The molecule has 3 aromatic rings. The lowest BCUT2D eigenvalue weighted by molar-refractivity contribution is 0.0524. The van der Waals surface area contributed by atoms with Gasteiger partial charge in [-0.1, -0.05) is 12.1 Å². The molecule has 3 rings (SSSR count). The number of furan rings is 1. The molecule has 0 unspecified atom stereocenters. The van der Waals surface area contributed by atoms with Gasteiger partial charge in [0.05, 0.1) is 19.3 Å². The van der Waals surface area contributed by atoms with Gasteiger partial charge in [-0.05, 0) is 32.9 Å². The Morgan fingerprint density at radius 2 is 1.91 bits per heavy atom. The molecule has 0 aliphatic heterocycles. The van der Waals surface area contributed by atoms with Gasteiger partial charge in [0.25, 0.3) is 11.5 Å². The zero-order valence-electron chi connectivity index (χ0n) is 18.3. The Hall–Kier alpha value is -4.41. The molecule has 0 bridgehead atoms. The van der Waals surface area contributed by atoms with Crippen molar-refractivity contribution in [2.45, 2.75) is 20.8 Å². The number of ketones is 1. The van der Waals surface area contributed by atoms with E-state index >= 15 is 0 Å². The molecule has 0 saturated heterocycles. The molecule has 0 aliphatic rings. The number of carbonyl (C=O) groups excluding carboxylic acids is 3. The van der Waals surface area contributed by atoms with E-state index in [1.165, 1.54) is 21.0 Å². The number of anilines is 1. The quantitative estimate of drug-likeness (QED) is 0.404. The second-order valence-corrected chi connectivity index (χ2v) is 6.77. The highest BCUT2D eigenvalue weighted by molar-refractivity contribution is 6.12. The molecule has 0 radical (unpaired) electrons. The van der Waals surface area contributed by atoms with Crippen molar-refractivity contribution < 1.29 is 33.4 Å². The molecule has 11 heteroatoms. The van der Waals surface area contributed by atoms with Crippen molar-refractivity contribution >= 4 is 23.5 Å². The summed E-state index contributed by atoms with van der Waals surface area (Å²) in [7, 11) is 1.40. The largest absolute Gasteiger partial charge is 0.505 e. The summed E-state index contributed by atoms with van der Waals surface area (Å²) < 4.78 is 16.5. The zero-order chi connectivity index (χ0) is 24.3. The van der Waals surface area contributed by atoms with Crippen LogP contribution < -0.4 is 15.6 Å². The Morgan fingerprint density at radius 3 is 2.55 bits per heavy atom. The fourth-order valence-electron chi connectivity index (χ4n) is 3.20. The Morgan fingerprint density at radius 1 is 1.21 bits per heavy atom. The molecule has 2 aromatic heterocycles. The molecule has 1 aromatic carbocycles. The smallest absolute Gasteiger partial charge is 0.344 e. The summed E-state index contributed by atoms with van der Waals surface area (Å²) in [4.78, 5) is 49.8. The van der Waals surface area contributed by atoms with E-state index in [2.05, 4.69) is 10.4 Å². The number of hydrogen-bond acceptors (Lipinski definition) is 9. The maximum Gasteiger partial charge on any atom is 0.344 e. The Labute approximate surface area is 187 Å². The van der Waals surface area contributed by atoms with Crippen molar-refractivity contribution in [2.24, 2.45) is 0 Å². The Kier molecular flexibility index (Phi) is 6.61. The van der Waals surface area contributed by atoms with Gasteiger partial charge in [-0.3, -0.25) is 19.7 Å². The van der Waals surface area contributed by atoms with Crippen LogP contribution in [0.15, 0.2) is 39.5 Å². The summed E-state index contributed by atoms with van der Waals surface area (Å²) in [5.41, 5.74) is -1.31. The number of nitrogens with zero attached hydrogens (tertiary/aromatic N) is 2. The van der Waals surface area contributed by atoms with E-state index in [4.69, 9.17) is 13.9 Å². The third kappa shape index (κ3) is 4.47. The summed E-state index contributed by atoms with van der Waals surface area (Å²) in [5, 5.41) is 16.5. The molecular formula is C22H21N3O8. The number of methoxy groups -OCH3 is 1. The summed E-state index contributed by atoms with van der Waals surface area (Å²) in [6, 6.07) is 7.27. The number of aromatic hydroxyl groups is 1. The summed E-state index contributed by atoms with van der Waals surface area (Å²) in [6.07, 6.45) is 0. The van der Waals surface area contributed by atoms with Crippen molar-refractivity contribution in [3.8, 4) is 17.2 Å². The summed E-state index contributed by atoms with van der Waals surface area (Å²) in [6.45, 7) is 4.30. The molecule has 0 saturated carbocycles. The number of rotatable bonds is 7. The van der Waals surface area contributed by atoms with Gasteiger partial charge in [0.15, 0.2) is 17.2 Å². The number of ether oxygens (including phenoxy) is 2. The van der Waals surface area contributed by atoms with E-state index in [1.54, 1.807) is 31.2 Å². The molecule has 11 nitrogen and oxygen atoms in total. The number of hydrogen-bond donors (Lipinski definition) is 2. The van der Waals surface area contributed by atoms with Gasteiger partial charge in [-0.25, -0.2) is 4.79 Å². The Bertz CT molecular complexity index is 1310. The van der Waals surface area contributed by atoms with Gasteiger partial charge < -0.3 is 19.0 Å². The fourth-order valence-corrected chi connectivity index (χ4v) is 3.20. The maximum atomic E-state index is 12.9. The highest BCUT2D eigenvalue weighted by Gasteiger charge is 2.30. The first-order valence-corrected chi connectivity index (χ1v) is 9.79.